The van der Waals surface area contributed by atoms with Gasteiger partial charge in [0, 0.05) is 26.2 Å². The molecular formula is C15H21N5. The second-order valence-electron chi connectivity index (χ2n) is 5.43. The lowest BCUT2D eigenvalue weighted by atomic mass is 10.0. The SMILES string of the molecule is N=C(N=C(N)N1CCCC1)N1CCc2ccccc2C1. The number of nitrogens with one attached hydrogen (secondary N) is 1. The van der Waals surface area contributed by atoms with Gasteiger partial charge in [0.1, 0.15) is 0 Å². The summed E-state index contributed by atoms with van der Waals surface area (Å²) in [4.78, 5) is 8.34. The molecule has 0 aromatic heterocycles. The molecular weight excluding hydrogens is 250 g/mol. The zero-order valence-electron chi connectivity index (χ0n) is 11.7. The fourth-order valence-corrected chi connectivity index (χ4v) is 2.87. The van der Waals surface area contributed by atoms with Gasteiger partial charge in [-0.05, 0) is 30.4 Å². The first kappa shape index (κ1) is 13.0. The molecule has 0 spiro atoms. The zero-order chi connectivity index (χ0) is 13.9. The highest BCUT2D eigenvalue weighted by molar-refractivity contribution is 5.92. The molecule has 20 heavy (non-hydrogen) atoms. The van der Waals surface area contributed by atoms with Crippen LogP contribution in [0.2, 0.25) is 0 Å². The largest absolute Gasteiger partial charge is 0.369 e. The van der Waals surface area contributed by atoms with E-state index in [0.717, 1.165) is 32.6 Å². The number of hydrogen-bond acceptors (Lipinski definition) is 1. The Morgan fingerprint density at radius 3 is 2.50 bits per heavy atom. The number of nitrogens with two attached hydrogens (primary N) is 1. The summed E-state index contributed by atoms with van der Waals surface area (Å²) in [6, 6.07) is 8.41. The Morgan fingerprint density at radius 1 is 1.05 bits per heavy atom. The van der Waals surface area contributed by atoms with E-state index in [1.165, 1.54) is 24.0 Å². The first-order chi connectivity index (χ1) is 9.74. The second-order valence-corrected chi connectivity index (χ2v) is 5.43. The molecule has 1 aromatic carbocycles. The number of benzene rings is 1. The molecule has 0 radical (unpaired) electrons. The Balaban J connectivity index is 1.68. The van der Waals surface area contributed by atoms with Gasteiger partial charge in [0.25, 0.3) is 0 Å². The van der Waals surface area contributed by atoms with Crippen LogP contribution in [-0.4, -0.2) is 41.4 Å². The minimum Gasteiger partial charge on any atom is -0.369 e. The Kier molecular flexibility index (Phi) is 3.58. The summed E-state index contributed by atoms with van der Waals surface area (Å²) < 4.78 is 0. The summed E-state index contributed by atoms with van der Waals surface area (Å²) >= 11 is 0. The lowest BCUT2D eigenvalue weighted by Crippen LogP contribution is -2.39. The molecule has 0 amide bonds. The topological polar surface area (TPSA) is 68.7 Å². The highest BCUT2D eigenvalue weighted by Crippen LogP contribution is 2.18. The highest BCUT2D eigenvalue weighted by atomic mass is 15.3. The van der Waals surface area contributed by atoms with E-state index in [9.17, 15) is 0 Å². The van der Waals surface area contributed by atoms with E-state index >= 15 is 0 Å². The monoisotopic (exact) mass is 271 g/mol. The molecule has 3 N–H and O–H groups in total. The summed E-state index contributed by atoms with van der Waals surface area (Å²) in [6.45, 7) is 3.52. The number of fused-ring (bicyclic) bond motifs is 1. The minimum atomic E-state index is 0.281. The lowest BCUT2D eigenvalue weighted by Gasteiger charge is -2.29. The minimum absolute atomic E-state index is 0.281. The molecule has 106 valence electrons. The van der Waals surface area contributed by atoms with Gasteiger partial charge < -0.3 is 15.5 Å². The van der Waals surface area contributed by atoms with Gasteiger partial charge >= 0.3 is 0 Å². The van der Waals surface area contributed by atoms with E-state index in [0.29, 0.717) is 5.96 Å². The van der Waals surface area contributed by atoms with E-state index in [1.54, 1.807) is 0 Å². The third-order valence-electron chi connectivity index (χ3n) is 4.08. The van der Waals surface area contributed by atoms with Gasteiger partial charge in [0.2, 0.25) is 5.96 Å². The lowest BCUT2D eigenvalue weighted by molar-refractivity contribution is 0.386. The van der Waals surface area contributed by atoms with Crippen LogP contribution in [0.4, 0.5) is 0 Å². The van der Waals surface area contributed by atoms with Crippen LogP contribution in [0, 0.1) is 5.41 Å². The van der Waals surface area contributed by atoms with Gasteiger partial charge in [-0.3, -0.25) is 5.41 Å². The fraction of sp³-hybridized carbons (Fsp3) is 0.467. The molecule has 1 fully saturated rings. The third kappa shape index (κ3) is 2.61. The highest BCUT2D eigenvalue weighted by Gasteiger charge is 2.19. The van der Waals surface area contributed by atoms with Crippen LogP contribution in [-0.2, 0) is 13.0 Å². The van der Waals surface area contributed by atoms with E-state index in [-0.39, 0.29) is 5.96 Å². The number of hydrogen-bond donors (Lipinski definition) is 2. The number of aliphatic imine (C=N–C) groups is 1. The maximum atomic E-state index is 8.15. The molecule has 5 heteroatoms. The van der Waals surface area contributed by atoms with Crippen molar-refractivity contribution in [2.75, 3.05) is 19.6 Å². The third-order valence-corrected chi connectivity index (χ3v) is 4.08. The Bertz CT molecular complexity index is 531. The molecule has 2 heterocycles. The summed E-state index contributed by atoms with van der Waals surface area (Å²) in [7, 11) is 0. The average Bonchev–Trinajstić information content (AvgIpc) is 3.01. The molecule has 2 aliphatic heterocycles. The maximum Gasteiger partial charge on any atom is 0.221 e. The van der Waals surface area contributed by atoms with Gasteiger partial charge in [0.15, 0.2) is 5.96 Å². The van der Waals surface area contributed by atoms with Crippen molar-refractivity contribution in [3.63, 3.8) is 0 Å². The Morgan fingerprint density at radius 2 is 1.75 bits per heavy atom. The van der Waals surface area contributed by atoms with E-state index < -0.39 is 0 Å². The van der Waals surface area contributed by atoms with Crippen LogP contribution in [0.1, 0.15) is 24.0 Å². The molecule has 5 nitrogen and oxygen atoms in total. The van der Waals surface area contributed by atoms with Crippen molar-refractivity contribution in [3.8, 4) is 0 Å². The number of rotatable bonds is 0. The van der Waals surface area contributed by atoms with Gasteiger partial charge in [-0.25, -0.2) is 0 Å². The molecule has 0 bridgehead atoms. The molecule has 1 saturated heterocycles. The summed E-state index contributed by atoms with van der Waals surface area (Å²) in [5.41, 5.74) is 8.66. The maximum absolute atomic E-state index is 8.15. The summed E-state index contributed by atoms with van der Waals surface area (Å²) in [5, 5.41) is 8.15. The molecule has 3 rings (SSSR count). The molecule has 0 aliphatic carbocycles. The van der Waals surface area contributed by atoms with E-state index in [4.69, 9.17) is 11.1 Å². The van der Waals surface area contributed by atoms with Crippen molar-refractivity contribution in [2.45, 2.75) is 25.8 Å². The van der Waals surface area contributed by atoms with Crippen LogP contribution in [0.25, 0.3) is 0 Å². The number of guanidine groups is 2. The second kappa shape index (κ2) is 5.53. The quantitative estimate of drug-likeness (QED) is 0.553. The van der Waals surface area contributed by atoms with E-state index in [2.05, 4.69) is 28.1 Å². The smallest absolute Gasteiger partial charge is 0.221 e. The fourth-order valence-electron chi connectivity index (χ4n) is 2.87. The van der Waals surface area contributed by atoms with Gasteiger partial charge in [-0.1, -0.05) is 24.3 Å². The number of likely N-dealkylation sites (tertiary alicyclic amines) is 1. The van der Waals surface area contributed by atoms with Gasteiger partial charge in [-0.15, -0.1) is 0 Å². The van der Waals surface area contributed by atoms with Crippen molar-refractivity contribution < 1.29 is 0 Å². The summed E-state index contributed by atoms with van der Waals surface area (Å²) in [5.74, 6) is 0.773. The van der Waals surface area contributed by atoms with Crippen LogP contribution in [0.3, 0.4) is 0 Å². The van der Waals surface area contributed by atoms with Crippen molar-refractivity contribution in [1.82, 2.24) is 9.80 Å². The standard InChI is InChI=1S/C15H21N5/c16-14(19-8-3-4-9-19)18-15(17)20-10-7-12-5-1-2-6-13(12)11-20/h1-2,5-6H,3-4,7-11H2,(H3,16,17,18). The number of nitrogens with zero attached hydrogens (tertiary/aromatic N) is 3. The van der Waals surface area contributed by atoms with Crippen molar-refractivity contribution in [1.29, 1.82) is 5.41 Å². The predicted molar refractivity (Wildman–Crippen MR) is 80.7 cm³/mol. The first-order valence-electron chi connectivity index (χ1n) is 7.23. The molecule has 1 aromatic rings. The molecule has 0 atom stereocenters. The Labute approximate surface area is 119 Å². The predicted octanol–water partition coefficient (Wildman–Crippen LogP) is 1.39. The average molecular weight is 271 g/mol. The van der Waals surface area contributed by atoms with Crippen LogP contribution < -0.4 is 5.73 Å². The first-order valence-corrected chi connectivity index (χ1v) is 7.23. The summed E-state index contributed by atoms with van der Waals surface area (Å²) in [6.07, 6.45) is 3.30. The van der Waals surface area contributed by atoms with Crippen LogP contribution in [0.5, 0.6) is 0 Å². The zero-order valence-corrected chi connectivity index (χ0v) is 11.7. The Hall–Kier alpha value is -2.04. The van der Waals surface area contributed by atoms with Gasteiger partial charge in [-0.2, -0.15) is 4.99 Å². The molecule has 2 aliphatic rings. The van der Waals surface area contributed by atoms with Crippen molar-refractivity contribution >= 4 is 11.9 Å². The van der Waals surface area contributed by atoms with Crippen LogP contribution >= 0.6 is 0 Å². The molecule has 0 saturated carbocycles. The van der Waals surface area contributed by atoms with E-state index in [1.807, 2.05) is 11.0 Å². The van der Waals surface area contributed by atoms with Crippen molar-refractivity contribution in [2.24, 2.45) is 10.7 Å². The van der Waals surface area contributed by atoms with Crippen molar-refractivity contribution in [3.05, 3.63) is 35.4 Å². The van der Waals surface area contributed by atoms with Crippen LogP contribution in [0.15, 0.2) is 29.3 Å². The normalized spacial score (nSPS) is 19.1. The molecule has 0 unspecified atom stereocenters. The van der Waals surface area contributed by atoms with Gasteiger partial charge in [0.05, 0.1) is 0 Å².